The third-order valence-electron chi connectivity index (χ3n) is 5.90. The fourth-order valence-corrected chi connectivity index (χ4v) is 3.68. The Morgan fingerprint density at radius 2 is 1.46 bits per heavy atom. The second-order valence-electron chi connectivity index (χ2n) is 8.68. The molecule has 0 unspecified atom stereocenters. The number of nitrogens with zero attached hydrogens (tertiary/aromatic N) is 1. The molecule has 1 aromatic heterocycles. The summed E-state index contributed by atoms with van der Waals surface area (Å²) in [4.78, 5) is 28.0. The summed E-state index contributed by atoms with van der Waals surface area (Å²) in [5, 5.41) is 0. The zero-order chi connectivity index (χ0) is 26.3. The summed E-state index contributed by atoms with van der Waals surface area (Å²) < 4.78 is 16.3. The molecule has 0 spiro atoms. The first-order valence-corrected chi connectivity index (χ1v) is 12.9. The lowest BCUT2D eigenvalue weighted by atomic mass is 10.1. The molecular formula is C31H35NO5. The number of carbonyl (C=O) groups is 2. The van der Waals surface area contributed by atoms with Gasteiger partial charge in [-0.2, -0.15) is 0 Å². The lowest BCUT2D eigenvalue weighted by Crippen LogP contribution is -2.08. The van der Waals surface area contributed by atoms with Gasteiger partial charge in [-0.05, 0) is 79.4 Å². The van der Waals surface area contributed by atoms with Crippen LogP contribution in [0.5, 0.6) is 11.5 Å². The van der Waals surface area contributed by atoms with Gasteiger partial charge in [0.25, 0.3) is 0 Å². The van der Waals surface area contributed by atoms with Crippen LogP contribution in [0.1, 0.15) is 61.4 Å². The van der Waals surface area contributed by atoms with Gasteiger partial charge in [-0.1, -0.05) is 45.3 Å². The van der Waals surface area contributed by atoms with Gasteiger partial charge in [0.05, 0.1) is 24.5 Å². The Bertz CT molecular complexity index is 1120. The minimum Gasteiger partial charge on any atom is -0.494 e. The maximum Gasteiger partial charge on any atom is 0.343 e. The topological polar surface area (TPSA) is 74.7 Å². The van der Waals surface area contributed by atoms with E-state index >= 15 is 0 Å². The number of ether oxygens (including phenoxy) is 3. The second-order valence-corrected chi connectivity index (χ2v) is 8.68. The molecular weight excluding hydrogens is 466 g/mol. The van der Waals surface area contributed by atoms with E-state index in [4.69, 9.17) is 14.2 Å². The number of aryl methyl sites for hydroxylation is 1. The number of pyridine rings is 1. The fraction of sp³-hybridized carbons (Fsp3) is 0.323. The van der Waals surface area contributed by atoms with E-state index in [9.17, 15) is 9.59 Å². The molecule has 37 heavy (non-hydrogen) atoms. The largest absolute Gasteiger partial charge is 0.494 e. The van der Waals surface area contributed by atoms with Gasteiger partial charge in [-0.25, -0.2) is 9.59 Å². The smallest absolute Gasteiger partial charge is 0.343 e. The quantitative estimate of drug-likeness (QED) is 0.0968. The van der Waals surface area contributed by atoms with Gasteiger partial charge < -0.3 is 14.2 Å². The standard InChI is InChI=1S/C31H35NO5/c1-3-24-11-20-29(32-23-24)25-12-18-28(19-13-25)37-31(34)26-14-16-27(17-15-26)35-21-9-7-5-6-8-10-22-36-30(33)4-2/h4,11-20,23H,2-3,5-10,21-22H2,1H3. The van der Waals surface area contributed by atoms with Gasteiger partial charge in [-0.15, -0.1) is 0 Å². The number of carbonyl (C=O) groups excluding carboxylic acids is 2. The van der Waals surface area contributed by atoms with Crippen molar-refractivity contribution < 1.29 is 23.8 Å². The van der Waals surface area contributed by atoms with Crippen molar-refractivity contribution in [2.45, 2.75) is 51.9 Å². The van der Waals surface area contributed by atoms with E-state index in [1.165, 1.54) is 11.6 Å². The van der Waals surface area contributed by atoms with Gasteiger partial charge in [0.15, 0.2) is 0 Å². The zero-order valence-corrected chi connectivity index (χ0v) is 21.5. The van der Waals surface area contributed by atoms with E-state index in [2.05, 4.69) is 24.6 Å². The normalized spacial score (nSPS) is 10.5. The van der Waals surface area contributed by atoms with Crippen molar-refractivity contribution in [1.29, 1.82) is 0 Å². The number of unbranched alkanes of at least 4 members (excludes halogenated alkanes) is 5. The summed E-state index contributed by atoms with van der Waals surface area (Å²) in [6.07, 6.45) is 10.2. The monoisotopic (exact) mass is 501 g/mol. The molecule has 0 N–H and O–H groups in total. The van der Waals surface area contributed by atoms with E-state index in [0.717, 1.165) is 62.0 Å². The van der Waals surface area contributed by atoms with E-state index in [1.54, 1.807) is 36.4 Å². The first kappa shape index (κ1) is 27.7. The van der Waals surface area contributed by atoms with Crippen molar-refractivity contribution in [3.8, 4) is 22.8 Å². The van der Waals surface area contributed by atoms with Crippen molar-refractivity contribution in [3.05, 3.63) is 90.6 Å². The molecule has 3 rings (SSSR count). The Morgan fingerprint density at radius 3 is 2.08 bits per heavy atom. The predicted octanol–water partition coefficient (Wildman–Crippen LogP) is 6.98. The molecule has 3 aromatic rings. The third kappa shape index (κ3) is 9.56. The van der Waals surface area contributed by atoms with Crippen LogP contribution in [0.2, 0.25) is 0 Å². The average Bonchev–Trinajstić information content (AvgIpc) is 2.94. The number of esters is 2. The number of hydrogen-bond donors (Lipinski definition) is 0. The maximum absolute atomic E-state index is 12.5. The van der Waals surface area contributed by atoms with Crippen molar-refractivity contribution >= 4 is 11.9 Å². The Kier molecular flexibility index (Phi) is 11.4. The van der Waals surface area contributed by atoms with Crippen LogP contribution in [-0.4, -0.2) is 30.1 Å². The number of benzene rings is 2. The lowest BCUT2D eigenvalue weighted by molar-refractivity contribution is -0.137. The minimum atomic E-state index is -0.413. The van der Waals surface area contributed by atoms with Crippen LogP contribution in [0.4, 0.5) is 0 Å². The number of aromatic nitrogens is 1. The summed E-state index contributed by atoms with van der Waals surface area (Å²) in [6, 6.07) is 18.4. The first-order chi connectivity index (χ1) is 18.1. The molecule has 0 aliphatic rings. The zero-order valence-electron chi connectivity index (χ0n) is 21.5. The number of hydrogen-bond acceptors (Lipinski definition) is 6. The minimum absolute atomic E-state index is 0.362. The third-order valence-corrected chi connectivity index (χ3v) is 5.90. The highest BCUT2D eigenvalue weighted by molar-refractivity contribution is 5.91. The Hall–Kier alpha value is -3.93. The van der Waals surface area contributed by atoms with Crippen molar-refractivity contribution in [3.63, 3.8) is 0 Å². The van der Waals surface area contributed by atoms with E-state index in [0.29, 0.717) is 24.5 Å². The molecule has 0 atom stereocenters. The van der Waals surface area contributed by atoms with Crippen LogP contribution < -0.4 is 9.47 Å². The molecule has 0 radical (unpaired) electrons. The van der Waals surface area contributed by atoms with Gasteiger partial charge in [0, 0.05) is 17.8 Å². The second kappa shape index (κ2) is 15.2. The van der Waals surface area contributed by atoms with Crippen LogP contribution in [0.25, 0.3) is 11.3 Å². The van der Waals surface area contributed by atoms with Crippen LogP contribution in [0.3, 0.4) is 0 Å². The van der Waals surface area contributed by atoms with Crippen LogP contribution in [0, 0.1) is 0 Å². The van der Waals surface area contributed by atoms with Crippen LogP contribution in [0.15, 0.2) is 79.5 Å². The van der Waals surface area contributed by atoms with E-state index in [-0.39, 0.29) is 5.97 Å². The van der Waals surface area contributed by atoms with Gasteiger partial charge in [0.1, 0.15) is 11.5 Å². The summed E-state index contributed by atoms with van der Waals surface area (Å²) in [5.74, 6) is 0.437. The molecule has 0 saturated carbocycles. The molecule has 6 nitrogen and oxygen atoms in total. The molecule has 0 amide bonds. The molecule has 1 heterocycles. The fourth-order valence-electron chi connectivity index (χ4n) is 3.68. The molecule has 0 saturated heterocycles. The van der Waals surface area contributed by atoms with Crippen LogP contribution >= 0.6 is 0 Å². The van der Waals surface area contributed by atoms with Gasteiger partial charge >= 0.3 is 11.9 Å². The highest BCUT2D eigenvalue weighted by Crippen LogP contribution is 2.22. The molecule has 0 bridgehead atoms. The molecule has 0 fully saturated rings. The highest BCUT2D eigenvalue weighted by atomic mass is 16.5. The molecule has 194 valence electrons. The SMILES string of the molecule is C=CC(=O)OCCCCCCCCOc1ccc(C(=O)Oc2ccc(-c3ccc(CC)cn3)cc2)cc1. The molecule has 6 heteroatoms. The summed E-state index contributed by atoms with van der Waals surface area (Å²) >= 11 is 0. The summed E-state index contributed by atoms with van der Waals surface area (Å²) in [6.45, 7) is 6.55. The Labute approximate surface area is 219 Å². The Balaban J connectivity index is 1.33. The summed E-state index contributed by atoms with van der Waals surface area (Å²) in [7, 11) is 0. The predicted molar refractivity (Wildman–Crippen MR) is 145 cm³/mol. The molecule has 0 aliphatic heterocycles. The molecule has 0 aliphatic carbocycles. The van der Waals surface area contributed by atoms with Crippen molar-refractivity contribution in [1.82, 2.24) is 4.98 Å². The summed E-state index contributed by atoms with van der Waals surface area (Å²) in [5.41, 5.74) is 3.51. The first-order valence-electron chi connectivity index (χ1n) is 12.9. The lowest BCUT2D eigenvalue weighted by Gasteiger charge is -2.08. The highest BCUT2D eigenvalue weighted by Gasteiger charge is 2.09. The average molecular weight is 502 g/mol. The molecule has 2 aromatic carbocycles. The van der Waals surface area contributed by atoms with Crippen LogP contribution in [-0.2, 0) is 16.0 Å². The van der Waals surface area contributed by atoms with Crippen molar-refractivity contribution in [2.75, 3.05) is 13.2 Å². The van der Waals surface area contributed by atoms with Gasteiger partial charge in [-0.3, -0.25) is 4.98 Å². The maximum atomic E-state index is 12.5. The van der Waals surface area contributed by atoms with Gasteiger partial charge in [0.2, 0.25) is 0 Å². The van der Waals surface area contributed by atoms with E-state index < -0.39 is 5.97 Å². The number of rotatable bonds is 15. The van der Waals surface area contributed by atoms with E-state index in [1.807, 2.05) is 24.4 Å². The Morgan fingerprint density at radius 1 is 0.811 bits per heavy atom. The van der Waals surface area contributed by atoms with Crippen molar-refractivity contribution in [2.24, 2.45) is 0 Å².